The number of furan rings is 1. The molecule has 0 bridgehead atoms. The van der Waals surface area contributed by atoms with Crippen LogP contribution in [0.15, 0.2) is 50.2 Å². The van der Waals surface area contributed by atoms with Crippen LogP contribution in [0, 0.1) is 0 Å². The molecule has 0 aliphatic heterocycles. The van der Waals surface area contributed by atoms with E-state index in [0.717, 1.165) is 16.3 Å². The fourth-order valence-electron chi connectivity index (χ4n) is 2.69. The van der Waals surface area contributed by atoms with Crippen LogP contribution in [-0.4, -0.2) is 18.6 Å². The highest BCUT2D eigenvalue weighted by molar-refractivity contribution is 8.13. The molecule has 8 heteroatoms. The maximum atomic E-state index is 11.5. The Balaban J connectivity index is 1.87. The summed E-state index contributed by atoms with van der Waals surface area (Å²) in [7, 11) is 1.59. The topological polar surface area (TPSA) is 86.2 Å². The highest BCUT2D eigenvalue weighted by Gasteiger charge is 2.22. The van der Waals surface area contributed by atoms with Crippen LogP contribution in [0.2, 0.25) is 0 Å². The van der Waals surface area contributed by atoms with E-state index in [0.29, 0.717) is 22.9 Å². The molecular weight excluding hydrogens is 376 g/mol. The highest BCUT2D eigenvalue weighted by Crippen LogP contribution is 2.34. The summed E-state index contributed by atoms with van der Waals surface area (Å²) in [6.45, 7) is 6.00. The summed E-state index contributed by atoms with van der Waals surface area (Å²) >= 11 is 0. The van der Waals surface area contributed by atoms with E-state index >= 15 is 0 Å². The smallest absolute Gasteiger partial charge is 0.261 e. The molecule has 0 unspecified atom stereocenters. The van der Waals surface area contributed by atoms with E-state index in [9.17, 15) is 8.42 Å². The average molecular weight is 391 g/mol. The Labute approximate surface area is 154 Å². The predicted molar refractivity (Wildman–Crippen MR) is 98.8 cm³/mol. The Kier molecular flexibility index (Phi) is 3.65. The SMILES string of the molecule is CC(C)(C)c1nc(-c2ccc3oc4cc(S(=O)(=O)Cl)ccc4c3c2)no1. The van der Waals surface area contributed by atoms with Crippen LogP contribution < -0.4 is 0 Å². The fourth-order valence-corrected chi connectivity index (χ4v) is 3.46. The molecule has 0 aliphatic carbocycles. The Morgan fingerprint density at radius 1 is 1.00 bits per heavy atom. The third kappa shape index (κ3) is 2.87. The molecule has 0 aliphatic rings. The highest BCUT2D eigenvalue weighted by atomic mass is 35.7. The number of benzene rings is 2. The van der Waals surface area contributed by atoms with E-state index in [2.05, 4.69) is 10.1 Å². The number of nitrogens with zero attached hydrogens (tertiary/aromatic N) is 2. The lowest BCUT2D eigenvalue weighted by Crippen LogP contribution is -2.11. The summed E-state index contributed by atoms with van der Waals surface area (Å²) in [6.07, 6.45) is 0. The average Bonchev–Trinajstić information content (AvgIpc) is 3.17. The van der Waals surface area contributed by atoms with Crippen LogP contribution in [0.4, 0.5) is 0 Å². The van der Waals surface area contributed by atoms with Crippen molar-refractivity contribution in [3.05, 3.63) is 42.3 Å². The van der Waals surface area contributed by atoms with Gasteiger partial charge in [0, 0.05) is 38.5 Å². The molecule has 2 aromatic heterocycles. The lowest BCUT2D eigenvalue weighted by Gasteiger charge is -2.10. The van der Waals surface area contributed by atoms with E-state index in [1.54, 1.807) is 12.1 Å². The lowest BCUT2D eigenvalue weighted by atomic mass is 9.97. The zero-order chi connectivity index (χ0) is 18.7. The van der Waals surface area contributed by atoms with Crippen LogP contribution in [-0.2, 0) is 14.5 Å². The van der Waals surface area contributed by atoms with E-state index in [1.807, 2.05) is 32.9 Å². The van der Waals surface area contributed by atoms with E-state index in [4.69, 9.17) is 19.6 Å². The van der Waals surface area contributed by atoms with Crippen molar-refractivity contribution in [2.24, 2.45) is 0 Å². The van der Waals surface area contributed by atoms with Gasteiger partial charge in [-0.2, -0.15) is 4.98 Å². The molecule has 6 nitrogen and oxygen atoms in total. The van der Waals surface area contributed by atoms with Gasteiger partial charge in [0.05, 0.1) is 4.90 Å². The first kappa shape index (κ1) is 17.1. The van der Waals surface area contributed by atoms with Gasteiger partial charge in [-0.1, -0.05) is 25.9 Å². The third-order valence-electron chi connectivity index (χ3n) is 4.05. The molecule has 4 rings (SSSR count). The quantitative estimate of drug-likeness (QED) is 0.454. The summed E-state index contributed by atoms with van der Waals surface area (Å²) in [5, 5.41) is 5.67. The first-order chi connectivity index (χ1) is 12.1. The molecule has 0 radical (unpaired) electrons. The van der Waals surface area contributed by atoms with Crippen LogP contribution in [0.3, 0.4) is 0 Å². The van der Waals surface area contributed by atoms with Crippen molar-refractivity contribution in [2.75, 3.05) is 0 Å². The third-order valence-corrected chi connectivity index (χ3v) is 5.40. The molecule has 134 valence electrons. The van der Waals surface area contributed by atoms with Crippen molar-refractivity contribution < 1.29 is 17.4 Å². The second-order valence-corrected chi connectivity index (χ2v) is 9.65. The standard InChI is InChI=1S/C18H15ClN2O4S/c1-18(2,3)17-20-16(21-25-17)10-4-7-14-13(8-10)12-6-5-11(26(19,22)23)9-15(12)24-14/h4-9H,1-3H3. The minimum Gasteiger partial charge on any atom is -0.456 e. The number of fused-ring (bicyclic) bond motifs is 3. The monoisotopic (exact) mass is 390 g/mol. The molecule has 0 N–H and O–H groups in total. The molecule has 4 aromatic rings. The zero-order valence-electron chi connectivity index (χ0n) is 14.3. The van der Waals surface area contributed by atoms with Gasteiger partial charge in [-0.25, -0.2) is 8.42 Å². The number of aromatic nitrogens is 2. The molecule has 2 aromatic carbocycles. The van der Waals surface area contributed by atoms with Crippen molar-refractivity contribution >= 4 is 41.7 Å². The van der Waals surface area contributed by atoms with Crippen LogP contribution in [0.25, 0.3) is 33.3 Å². The maximum Gasteiger partial charge on any atom is 0.261 e. The van der Waals surface area contributed by atoms with Gasteiger partial charge in [-0.05, 0) is 30.3 Å². The van der Waals surface area contributed by atoms with Gasteiger partial charge in [0.15, 0.2) is 0 Å². The molecule has 0 saturated heterocycles. The van der Waals surface area contributed by atoms with Crippen molar-refractivity contribution in [3.63, 3.8) is 0 Å². The zero-order valence-corrected chi connectivity index (χ0v) is 15.9. The normalized spacial score (nSPS) is 12.9. The molecule has 26 heavy (non-hydrogen) atoms. The van der Waals surface area contributed by atoms with Gasteiger partial charge in [0.1, 0.15) is 11.2 Å². The number of rotatable bonds is 2. The summed E-state index contributed by atoms with van der Waals surface area (Å²) < 4.78 is 34.1. The van der Waals surface area contributed by atoms with Crippen molar-refractivity contribution in [2.45, 2.75) is 31.1 Å². The Morgan fingerprint density at radius 2 is 1.77 bits per heavy atom. The first-order valence-corrected chi connectivity index (χ1v) is 10.2. The van der Waals surface area contributed by atoms with Gasteiger partial charge in [0.2, 0.25) is 11.7 Å². The van der Waals surface area contributed by atoms with Crippen molar-refractivity contribution in [1.82, 2.24) is 10.1 Å². The first-order valence-electron chi connectivity index (χ1n) is 7.88. The Morgan fingerprint density at radius 3 is 2.42 bits per heavy atom. The van der Waals surface area contributed by atoms with Crippen molar-refractivity contribution in [1.29, 1.82) is 0 Å². The molecule has 0 fully saturated rings. The van der Waals surface area contributed by atoms with E-state index < -0.39 is 9.05 Å². The lowest BCUT2D eigenvalue weighted by molar-refractivity contribution is 0.321. The fraction of sp³-hybridized carbons (Fsp3) is 0.222. The largest absolute Gasteiger partial charge is 0.456 e. The number of hydrogen-bond acceptors (Lipinski definition) is 6. The molecular formula is C18H15ClN2O4S. The number of hydrogen-bond donors (Lipinski definition) is 0. The Bertz CT molecular complexity index is 1250. The van der Waals surface area contributed by atoms with E-state index in [1.165, 1.54) is 12.1 Å². The Hall–Kier alpha value is -2.38. The van der Waals surface area contributed by atoms with Gasteiger partial charge in [-0.3, -0.25) is 0 Å². The van der Waals surface area contributed by atoms with Gasteiger partial charge >= 0.3 is 0 Å². The van der Waals surface area contributed by atoms with Crippen LogP contribution in [0.5, 0.6) is 0 Å². The van der Waals surface area contributed by atoms with E-state index in [-0.39, 0.29) is 10.3 Å². The minimum absolute atomic E-state index is 0.000988. The summed E-state index contributed by atoms with van der Waals surface area (Å²) in [6, 6.07) is 10.1. The molecule has 2 heterocycles. The predicted octanol–water partition coefficient (Wildman–Crippen LogP) is 4.86. The molecule has 0 saturated carbocycles. The number of halogens is 1. The summed E-state index contributed by atoms with van der Waals surface area (Å²) in [4.78, 5) is 4.46. The van der Waals surface area contributed by atoms with Gasteiger partial charge < -0.3 is 8.94 Å². The second-order valence-electron chi connectivity index (χ2n) is 7.08. The van der Waals surface area contributed by atoms with Crippen LogP contribution >= 0.6 is 10.7 Å². The summed E-state index contributed by atoms with van der Waals surface area (Å²) in [5.74, 6) is 1.05. The van der Waals surface area contributed by atoms with Crippen LogP contribution in [0.1, 0.15) is 26.7 Å². The molecule has 0 atom stereocenters. The van der Waals surface area contributed by atoms with Gasteiger partial charge in [0.25, 0.3) is 9.05 Å². The molecule has 0 amide bonds. The summed E-state index contributed by atoms with van der Waals surface area (Å²) in [5.41, 5.74) is 1.63. The molecule has 0 spiro atoms. The minimum atomic E-state index is -3.81. The maximum absolute atomic E-state index is 11.5. The van der Waals surface area contributed by atoms with Gasteiger partial charge in [-0.15, -0.1) is 0 Å². The second kappa shape index (κ2) is 5.56. The van der Waals surface area contributed by atoms with Crippen molar-refractivity contribution in [3.8, 4) is 11.4 Å².